The smallest absolute Gasteiger partial charge is 0.124 e. The van der Waals surface area contributed by atoms with Crippen molar-refractivity contribution in [2.75, 3.05) is 6.61 Å². The van der Waals surface area contributed by atoms with Crippen LogP contribution in [0.15, 0.2) is 48.6 Å². The summed E-state index contributed by atoms with van der Waals surface area (Å²) in [6.45, 7) is 4.04. The second kappa shape index (κ2) is 8.57. The number of ether oxygens (including phenoxy) is 1. The highest BCUT2D eigenvalue weighted by Crippen LogP contribution is 2.29. The van der Waals surface area contributed by atoms with E-state index in [2.05, 4.69) is 41.8 Å². The molecule has 0 heterocycles. The maximum absolute atomic E-state index is 6.26. The minimum Gasteiger partial charge on any atom is -0.494 e. The molecular weight excluding hydrogens is 353 g/mol. The Hall–Kier alpha value is -1.74. The Balaban J connectivity index is 1.80. The summed E-state index contributed by atoms with van der Waals surface area (Å²) in [5.74, 6) is 0.933. The fourth-order valence-corrected chi connectivity index (χ4v) is 3.44. The van der Waals surface area contributed by atoms with Crippen molar-refractivity contribution < 1.29 is 4.74 Å². The van der Waals surface area contributed by atoms with Gasteiger partial charge in [0.15, 0.2) is 0 Å². The Morgan fingerprint density at radius 3 is 2.76 bits per heavy atom. The molecule has 25 heavy (non-hydrogen) atoms. The number of fused-ring (bicyclic) bond motifs is 1. The molecule has 0 bridgehead atoms. The molecule has 2 aromatic rings. The van der Waals surface area contributed by atoms with Crippen LogP contribution in [-0.2, 0) is 19.5 Å². The molecule has 0 aromatic heterocycles. The van der Waals surface area contributed by atoms with Gasteiger partial charge in [-0.15, -0.1) is 0 Å². The third-order valence-corrected chi connectivity index (χ3v) is 4.77. The first kappa shape index (κ1) is 18.1. The van der Waals surface area contributed by atoms with Crippen LogP contribution in [0.25, 0.3) is 6.08 Å². The van der Waals surface area contributed by atoms with E-state index >= 15 is 0 Å². The van der Waals surface area contributed by atoms with E-state index in [-0.39, 0.29) is 0 Å². The quantitative estimate of drug-likeness (QED) is 0.689. The number of nitrogens with one attached hydrogen (secondary N) is 1. The van der Waals surface area contributed by atoms with Gasteiger partial charge in [0.2, 0.25) is 0 Å². The van der Waals surface area contributed by atoms with E-state index in [1.54, 1.807) is 6.07 Å². The van der Waals surface area contributed by atoms with Crippen LogP contribution in [0, 0.1) is 0 Å². The minimum atomic E-state index is 0.650. The van der Waals surface area contributed by atoms with Gasteiger partial charge in [0, 0.05) is 28.7 Å². The molecule has 0 saturated carbocycles. The predicted molar refractivity (Wildman–Crippen MR) is 106 cm³/mol. The van der Waals surface area contributed by atoms with Gasteiger partial charge < -0.3 is 10.1 Å². The zero-order valence-corrected chi connectivity index (χ0v) is 15.7. The molecule has 0 aliphatic heterocycles. The van der Waals surface area contributed by atoms with Crippen molar-refractivity contribution in [3.05, 3.63) is 80.9 Å². The first-order valence-corrected chi connectivity index (χ1v) is 9.20. The normalized spacial score (nSPS) is 12.8. The van der Waals surface area contributed by atoms with Gasteiger partial charge in [0.25, 0.3) is 0 Å². The molecular formula is C21H21Cl2NO. The number of hydrogen-bond acceptors (Lipinski definition) is 2. The maximum atomic E-state index is 6.26. The molecule has 1 aliphatic carbocycles. The summed E-state index contributed by atoms with van der Waals surface area (Å²) in [6.07, 6.45) is 9.44. The molecule has 0 amide bonds. The van der Waals surface area contributed by atoms with E-state index in [4.69, 9.17) is 27.9 Å². The summed E-state index contributed by atoms with van der Waals surface area (Å²) in [4.78, 5) is 0. The highest BCUT2D eigenvalue weighted by atomic mass is 35.5. The fraction of sp³-hybridized carbons (Fsp3) is 0.238. The largest absolute Gasteiger partial charge is 0.494 e. The molecule has 1 aliphatic rings. The van der Waals surface area contributed by atoms with E-state index in [1.165, 1.54) is 16.7 Å². The van der Waals surface area contributed by atoms with Crippen LogP contribution in [0.2, 0.25) is 10.0 Å². The van der Waals surface area contributed by atoms with E-state index < -0.39 is 0 Å². The fourth-order valence-electron chi connectivity index (χ4n) is 2.96. The first-order valence-electron chi connectivity index (χ1n) is 8.44. The van der Waals surface area contributed by atoms with Gasteiger partial charge in [-0.3, -0.25) is 0 Å². The van der Waals surface area contributed by atoms with E-state index in [1.807, 2.05) is 19.1 Å². The van der Waals surface area contributed by atoms with Crippen LogP contribution in [-0.4, -0.2) is 6.61 Å². The average Bonchev–Trinajstić information content (AvgIpc) is 2.84. The summed E-state index contributed by atoms with van der Waals surface area (Å²) in [5, 5.41) is 4.82. The van der Waals surface area contributed by atoms with Crippen molar-refractivity contribution in [1.82, 2.24) is 5.32 Å². The van der Waals surface area contributed by atoms with Crippen LogP contribution in [0.1, 0.15) is 29.2 Å². The molecule has 0 unspecified atom stereocenters. The lowest BCUT2D eigenvalue weighted by molar-refractivity contribution is 0.335. The van der Waals surface area contributed by atoms with Gasteiger partial charge in [-0.1, -0.05) is 59.6 Å². The zero-order valence-electron chi connectivity index (χ0n) is 14.2. The second-order valence-electron chi connectivity index (χ2n) is 5.88. The topological polar surface area (TPSA) is 21.3 Å². The number of halogens is 2. The van der Waals surface area contributed by atoms with E-state index in [0.717, 1.165) is 17.7 Å². The second-order valence-corrected chi connectivity index (χ2v) is 6.72. The molecule has 0 radical (unpaired) electrons. The van der Waals surface area contributed by atoms with Gasteiger partial charge in [0.05, 0.1) is 6.61 Å². The number of rotatable bonds is 6. The van der Waals surface area contributed by atoms with Crippen LogP contribution in [0.3, 0.4) is 0 Å². The van der Waals surface area contributed by atoms with E-state index in [0.29, 0.717) is 29.7 Å². The summed E-state index contributed by atoms with van der Waals surface area (Å²) >= 11 is 12.2. The summed E-state index contributed by atoms with van der Waals surface area (Å²) < 4.78 is 5.85. The first-order chi connectivity index (χ1) is 12.2. The van der Waals surface area contributed by atoms with Gasteiger partial charge in [-0.25, -0.2) is 0 Å². The Bertz CT molecular complexity index is 812. The summed E-state index contributed by atoms with van der Waals surface area (Å²) in [5.41, 5.74) is 4.77. The molecule has 130 valence electrons. The van der Waals surface area contributed by atoms with Crippen molar-refractivity contribution in [2.24, 2.45) is 0 Å². The summed E-state index contributed by atoms with van der Waals surface area (Å²) in [7, 11) is 0. The molecule has 4 heteroatoms. The average molecular weight is 374 g/mol. The van der Waals surface area contributed by atoms with Crippen LogP contribution in [0.4, 0.5) is 0 Å². The third-order valence-electron chi connectivity index (χ3n) is 4.18. The van der Waals surface area contributed by atoms with Crippen molar-refractivity contribution in [2.45, 2.75) is 26.4 Å². The van der Waals surface area contributed by atoms with Crippen LogP contribution >= 0.6 is 23.2 Å². The van der Waals surface area contributed by atoms with Gasteiger partial charge >= 0.3 is 0 Å². The summed E-state index contributed by atoms with van der Waals surface area (Å²) in [6, 6.07) is 9.81. The van der Waals surface area contributed by atoms with Crippen LogP contribution < -0.4 is 10.1 Å². The van der Waals surface area contributed by atoms with Gasteiger partial charge in [-0.05, 0) is 48.2 Å². The Morgan fingerprint density at radius 2 is 1.96 bits per heavy atom. The molecule has 1 N–H and O–H groups in total. The van der Waals surface area contributed by atoms with Crippen molar-refractivity contribution in [1.29, 1.82) is 0 Å². The molecule has 0 atom stereocenters. The van der Waals surface area contributed by atoms with Crippen molar-refractivity contribution >= 4 is 29.3 Å². The zero-order chi connectivity index (χ0) is 17.6. The maximum Gasteiger partial charge on any atom is 0.124 e. The Labute approximate surface area is 159 Å². The molecule has 2 nitrogen and oxygen atoms in total. The Morgan fingerprint density at radius 1 is 1.08 bits per heavy atom. The molecule has 3 rings (SSSR count). The van der Waals surface area contributed by atoms with Gasteiger partial charge in [-0.2, -0.15) is 0 Å². The monoisotopic (exact) mass is 373 g/mol. The SMILES string of the molecule is CCOc1ccc2c(c1CNCc1ccc(Cl)cc1Cl)C=CC=CC2. The lowest BCUT2D eigenvalue weighted by Gasteiger charge is -2.17. The molecule has 0 saturated heterocycles. The number of allylic oxidation sites excluding steroid dienone is 3. The van der Waals surface area contributed by atoms with Crippen molar-refractivity contribution in [3.8, 4) is 5.75 Å². The standard InChI is InChI=1S/C21H21Cl2NO/c1-2-25-21-11-9-15-6-4-3-5-7-18(15)19(21)14-24-13-16-8-10-17(22)12-20(16)23/h3-5,7-12,24H,2,6,13-14H2,1H3. The molecule has 0 fully saturated rings. The predicted octanol–water partition coefficient (Wildman–Crippen LogP) is 5.81. The third kappa shape index (κ3) is 4.46. The number of benzene rings is 2. The lowest BCUT2D eigenvalue weighted by atomic mass is 9.98. The van der Waals surface area contributed by atoms with E-state index in [9.17, 15) is 0 Å². The van der Waals surface area contributed by atoms with Crippen molar-refractivity contribution in [3.63, 3.8) is 0 Å². The Kier molecular flexibility index (Phi) is 6.19. The van der Waals surface area contributed by atoms with Gasteiger partial charge in [0.1, 0.15) is 5.75 Å². The highest BCUT2D eigenvalue weighted by molar-refractivity contribution is 6.35. The number of hydrogen-bond donors (Lipinski definition) is 1. The highest BCUT2D eigenvalue weighted by Gasteiger charge is 2.13. The lowest BCUT2D eigenvalue weighted by Crippen LogP contribution is -2.15. The minimum absolute atomic E-state index is 0.650. The van der Waals surface area contributed by atoms with Crippen LogP contribution in [0.5, 0.6) is 5.75 Å². The molecule has 0 spiro atoms. The molecule has 2 aromatic carbocycles.